The van der Waals surface area contributed by atoms with Gasteiger partial charge in [0.2, 0.25) is 0 Å². The lowest BCUT2D eigenvalue weighted by Gasteiger charge is -2.11. The van der Waals surface area contributed by atoms with E-state index in [0.29, 0.717) is 24.7 Å². The van der Waals surface area contributed by atoms with Crippen LogP contribution in [0.1, 0.15) is 42.6 Å². The summed E-state index contributed by atoms with van der Waals surface area (Å²) < 4.78 is 11.4. The molecule has 2 rings (SSSR count). The second-order valence-corrected chi connectivity index (χ2v) is 5.63. The highest BCUT2D eigenvalue weighted by Crippen LogP contribution is 2.24. The molecule has 0 bridgehead atoms. The Balaban J connectivity index is 2.07. The summed E-state index contributed by atoms with van der Waals surface area (Å²) in [6.07, 6.45) is 3.50. The first-order chi connectivity index (χ1) is 12.6. The summed E-state index contributed by atoms with van der Waals surface area (Å²) in [6.45, 7) is 5.37. The minimum Gasteiger partial charge on any atom is -0.545 e. The van der Waals surface area contributed by atoms with Gasteiger partial charge in [-0.25, -0.2) is 0 Å². The Hall–Kier alpha value is -3.02. The minimum absolute atomic E-state index is 0.123. The van der Waals surface area contributed by atoms with Gasteiger partial charge >= 0.3 is 0 Å². The molecule has 0 fully saturated rings. The minimum atomic E-state index is -1.21. The normalized spacial score (nSPS) is 10.7. The van der Waals surface area contributed by atoms with E-state index < -0.39 is 5.97 Å². The van der Waals surface area contributed by atoms with Crippen molar-refractivity contribution in [3.05, 3.63) is 53.6 Å². The van der Waals surface area contributed by atoms with Gasteiger partial charge in [-0.3, -0.25) is 5.43 Å². The number of nitrogens with zero attached hydrogens (tertiary/aromatic N) is 1. The Labute approximate surface area is 153 Å². The molecule has 2 aromatic carbocycles. The van der Waals surface area contributed by atoms with E-state index in [2.05, 4.69) is 17.5 Å². The summed E-state index contributed by atoms with van der Waals surface area (Å²) in [4.78, 5) is 10.7. The number of aromatic carboxylic acids is 1. The number of nitrogens with one attached hydrogen (secondary N) is 1. The summed E-state index contributed by atoms with van der Waals surface area (Å²) >= 11 is 0. The lowest BCUT2D eigenvalue weighted by Crippen LogP contribution is -2.21. The molecule has 0 radical (unpaired) electrons. The van der Waals surface area contributed by atoms with Crippen molar-refractivity contribution in [3.63, 3.8) is 0 Å². The summed E-state index contributed by atoms with van der Waals surface area (Å²) in [5.41, 5.74) is 4.48. The molecule has 0 spiro atoms. The second-order valence-electron chi connectivity index (χ2n) is 5.63. The molecular formula is C20H23N2O4-. The molecule has 1 N–H and O–H groups in total. The van der Waals surface area contributed by atoms with E-state index in [-0.39, 0.29) is 5.56 Å². The number of ether oxygens (including phenoxy) is 2. The first-order valence-electron chi connectivity index (χ1n) is 8.64. The smallest absolute Gasteiger partial charge is 0.131 e. The van der Waals surface area contributed by atoms with Crippen molar-refractivity contribution in [1.29, 1.82) is 0 Å². The summed E-state index contributed by atoms with van der Waals surface area (Å²) in [5, 5.41) is 14.9. The Bertz CT molecular complexity index is 742. The summed E-state index contributed by atoms with van der Waals surface area (Å²) in [5.74, 6) is 0.266. The Kier molecular flexibility index (Phi) is 7.49. The number of rotatable bonds is 10. The van der Waals surface area contributed by atoms with Gasteiger partial charge in [-0.1, -0.05) is 26.0 Å². The Morgan fingerprint density at radius 3 is 2.42 bits per heavy atom. The molecule has 0 aliphatic carbocycles. The first-order valence-corrected chi connectivity index (χ1v) is 8.64. The van der Waals surface area contributed by atoms with Gasteiger partial charge < -0.3 is 19.4 Å². The van der Waals surface area contributed by atoms with Gasteiger partial charge in [0.15, 0.2) is 0 Å². The predicted octanol–water partition coefficient (Wildman–Crippen LogP) is 3.07. The van der Waals surface area contributed by atoms with Gasteiger partial charge in [0.1, 0.15) is 11.5 Å². The average Bonchev–Trinajstić information content (AvgIpc) is 2.66. The maximum absolute atomic E-state index is 10.7. The number of carbonyl (C=O) groups excluding carboxylic acids is 1. The highest BCUT2D eigenvalue weighted by molar-refractivity contribution is 5.86. The van der Waals surface area contributed by atoms with Crippen LogP contribution in [0.15, 0.2) is 47.6 Å². The number of anilines is 1. The fourth-order valence-corrected chi connectivity index (χ4v) is 2.13. The molecule has 6 nitrogen and oxygen atoms in total. The van der Waals surface area contributed by atoms with Crippen LogP contribution in [-0.4, -0.2) is 25.4 Å². The van der Waals surface area contributed by atoms with Gasteiger partial charge in [-0.2, -0.15) is 5.10 Å². The fraction of sp³-hybridized carbons (Fsp3) is 0.300. The van der Waals surface area contributed by atoms with Gasteiger partial charge in [-0.05, 0) is 42.7 Å². The number of hydrazone groups is 1. The van der Waals surface area contributed by atoms with Gasteiger partial charge in [0.25, 0.3) is 0 Å². The molecule has 0 saturated carbocycles. The van der Waals surface area contributed by atoms with Crippen molar-refractivity contribution in [2.24, 2.45) is 5.10 Å². The predicted molar refractivity (Wildman–Crippen MR) is 100 cm³/mol. The number of carbonyl (C=O) groups is 1. The molecular weight excluding hydrogens is 332 g/mol. The number of hydrogen-bond acceptors (Lipinski definition) is 6. The van der Waals surface area contributed by atoms with Crippen LogP contribution in [0.25, 0.3) is 0 Å². The zero-order valence-corrected chi connectivity index (χ0v) is 15.0. The molecule has 0 aliphatic heterocycles. The van der Waals surface area contributed by atoms with Crippen LogP contribution in [0.2, 0.25) is 0 Å². The third-order valence-corrected chi connectivity index (χ3v) is 3.44. The number of carboxylic acid groups (broad SMARTS) is 1. The van der Waals surface area contributed by atoms with Crippen LogP contribution in [0.4, 0.5) is 5.69 Å². The van der Waals surface area contributed by atoms with Crippen LogP contribution in [0.5, 0.6) is 11.5 Å². The quantitative estimate of drug-likeness (QED) is 0.523. The zero-order chi connectivity index (χ0) is 18.8. The van der Waals surface area contributed by atoms with E-state index in [4.69, 9.17) is 9.47 Å². The topological polar surface area (TPSA) is 83.0 Å². The number of hydrogen-bond donors (Lipinski definition) is 1. The van der Waals surface area contributed by atoms with E-state index in [1.807, 2.05) is 25.1 Å². The van der Waals surface area contributed by atoms with Gasteiger partial charge in [-0.15, -0.1) is 0 Å². The second kappa shape index (κ2) is 10.1. The first kappa shape index (κ1) is 19.3. The molecule has 0 atom stereocenters. The third kappa shape index (κ3) is 5.81. The Morgan fingerprint density at radius 1 is 1.08 bits per heavy atom. The Morgan fingerprint density at radius 2 is 1.77 bits per heavy atom. The van der Waals surface area contributed by atoms with Crippen molar-refractivity contribution in [1.82, 2.24) is 0 Å². The van der Waals surface area contributed by atoms with Crippen LogP contribution in [-0.2, 0) is 0 Å². The molecule has 0 heterocycles. The van der Waals surface area contributed by atoms with Crippen molar-refractivity contribution >= 4 is 17.9 Å². The SMILES string of the molecule is CCCOc1ccc(/C=N\Nc2ccc(C(=O)[O-])cc2)c(OCCC)c1. The van der Waals surface area contributed by atoms with E-state index in [0.717, 1.165) is 24.2 Å². The molecule has 26 heavy (non-hydrogen) atoms. The van der Waals surface area contributed by atoms with Crippen molar-refractivity contribution in [3.8, 4) is 11.5 Å². The van der Waals surface area contributed by atoms with Crippen molar-refractivity contribution in [2.45, 2.75) is 26.7 Å². The maximum Gasteiger partial charge on any atom is 0.131 e. The molecule has 0 amide bonds. The highest BCUT2D eigenvalue weighted by Gasteiger charge is 2.05. The summed E-state index contributed by atoms with van der Waals surface area (Å²) in [6, 6.07) is 11.8. The molecule has 138 valence electrons. The van der Waals surface area contributed by atoms with E-state index >= 15 is 0 Å². The van der Waals surface area contributed by atoms with Gasteiger partial charge in [0.05, 0.1) is 31.1 Å². The monoisotopic (exact) mass is 355 g/mol. The van der Waals surface area contributed by atoms with Crippen LogP contribution in [0, 0.1) is 0 Å². The highest BCUT2D eigenvalue weighted by atomic mass is 16.5. The average molecular weight is 355 g/mol. The summed E-state index contributed by atoms with van der Waals surface area (Å²) in [7, 11) is 0. The number of benzene rings is 2. The molecule has 0 aliphatic rings. The van der Waals surface area contributed by atoms with E-state index in [1.165, 1.54) is 12.1 Å². The fourth-order valence-electron chi connectivity index (χ4n) is 2.13. The van der Waals surface area contributed by atoms with Crippen molar-refractivity contribution < 1.29 is 19.4 Å². The van der Waals surface area contributed by atoms with E-state index in [1.54, 1.807) is 18.3 Å². The zero-order valence-electron chi connectivity index (χ0n) is 15.0. The standard InChI is InChI=1S/C20H24N2O4/c1-3-11-25-18-10-7-16(19(13-18)26-12-4-2)14-21-22-17-8-5-15(6-9-17)20(23)24/h5-10,13-14,22H,3-4,11-12H2,1-2H3,(H,23,24)/p-1/b21-14-. The molecule has 0 unspecified atom stereocenters. The van der Waals surface area contributed by atoms with E-state index in [9.17, 15) is 9.90 Å². The van der Waals surface area contributed by atoms with Crippen LogP contribution in [0.3, 0.4) is 0 Å². The molecule has 2 aromatic rings. The van der Waals surface area contributed by atoms with Gasteiger partial charge in [0, 0.05) is 11.6 Å². The van der Waals surface area contributed by atoms with Crippen LogP contribution >= 0.6 is 0 Å². The molecule has 0 aromatic heterocycles. The largest absolute Gasteiger partial charge is 0.545 e. The maximum atomic E-state index is 10.7. The third-order valence-electron chi connectivity index (χ3n) is 3.44. The lowest BCUT2D eigenvalue weighted by molar-refractivity contribution is -0.255. The van der Waals surface area contributed by atoms with Crippen molar-refractivity contribution in [2.75, 3.05) is 18.6 Å². The lowest BCUT2D eigenvalue weighted by atomic mass is 10.2. The molecule has 0 saturated heterocycles. The molecule has 6 heteroatoms. The van der Waals surface area contributed by atoms with Crippen LogP contribution < -0.4 is 20.0 Å². The number of carboxylic acids is 1.